The van der Waals surface area contributed by atoms with Crippen LogP contribution in [0.25, 0.3) is 76.5 Å². The Morgan fingerprint density at radius 1 is 0.421 bits per heavy atom. The van der Waals surface area contributed by atoms with Gasteiger partial charge in [0, 0.05) is 27.3 Å². The van der Waals surface area contributed by atoms with Gasteiger partial charge < -0.3 is 14.1 Å². The fourth-order valence-electron chi connectivity index (χ4n) is 8.92. The molecule has 0 radical (unpaired) electrons. The molecule has 0 saturated heterocycles. The lowest BCUT2D eigenvalue weighted by atomic mass is 9.87. The van der Waals surface area contributed by atoms with Gasteiger partial charge in [0.2, 0.25) is 0 Å². The van der Waals surface area contributed by atoms with Crippen molar-refractivity contribution in [2.45, 2.75) is 6.42 Å². The van der Waals surface area contributed by atoms with Gasteiger partial charge in [-0.2, -0.15) is 0 Å². The van der Waals surface area contributed by atoms with Gasteiger partial charge in [0.25, 0.3) is 0 Å². The van der Waals surface area contributed by atoms with Crippen molar-refractivity contribution in [3.63, 3.8) is 0 Å². The summed E-state index contributed by atoms with van der Waals surface area (Å²) in [6.45, 7) is 0.385. The summed E-state index contributed by atoms with van der Waals surface area (Å²) >= 11 is 0. The third kappa shape index (κ3) is 5.50. The van der Waals surface area contributed by atoms with Gasteiger partial charge in [0.05, 0.1) is 17.1 Å². The first-order valence-corrected chi connectivity index (χ1v) is 19.6. The number of hydrogen-bond acceptors (Lipinski definition) is 3. The maximum Gasteiger partial charge on any atom is 0.136 e. The van der Waals surface area contributed by atoms with Crippen molar-refractivity contribution in [3.8, 4) is 28.0 Å². The highest BCUT2D eigenvalue weighted by atomic mass is 16.5. The molecule has 2 heterocycles. The van der Waals surface area contributed by atoms with Gasteiger partial charge in [-0.3, -0.25) is 0 Å². The lowest BCUT2D eigenvalue weighted by Crippen LogP contribution is -2.23. The maximum atomic E-state index is 6.71. The molecular weight excluding hydrogens is 695 g/mol. The van der Waals surface area contributed by atoms with Crippen molar-refractivity contribution < 1.29 is 9.15 Å². The summed E-state index contributed by atoms with van der Waals surface area (Å²) in [5, 5.41) is 9.60. The molecule has 1 aromatic heterocycles. The van der Waals surface area contributed by atoms with E-state index in [1.54, 1.807) is 0 Å². The molecule has 0 amide bonds. The first kappa shape index (κ1) is 33.0. The molecule has 9 aromatic carbocycles. The Bertz CT molecular complexity index is 3190. The second-order valence-corrected chi connectivity index (χ2v) is 14.7. The van der Waals surface area contributed by atoms with Gasteiger partial charge in [-0.25, -0.2) is 0 Å². The topological polar surface area (TPSA) is 25.6 Å². The van der Waals surface area contributed by atoms with Crippen molar-refractivity contribution in [2.24, 2.45) is 0 Å². The molecule has 0 N–H and O–H groups in total. The van der Waals surface area contributed by atoms with E-state index < -0.39 is 0 Å². The Morgan fingerprint density at radius 3 is 1.88 bits per heavy atom. The van der Waals surface area contributed by atoms with E-state index in [0.29, 0.717) is 6.61 Å². The van der Waals surface area contributed by atoms with Crippen LogP contribution in [0, 0.1) is 0 Å². The summed E-state index contributed by atoms with van der Waals surface area (Å²) in [4.78, 5) is 2.42. The van der Waals surface area contributed by atoms with E-state index in [9.17, 15) is 0 Å². The molecule has 0 spiro atoms. The van der Waals surface area contributed by atoms with Gasteiger partial charge in [0.15, 0.2) is 0 Å². The van der Waals surface area contributed by atoms with E-state index in [4.69, 9.17) is 9.15 Å². The molecular formula is C54H37NO2. The lowest BCUT2D eigenvalue weighted by Gasteiger charge is -2.32. The molecule has 3 nitrogen and oxygen atoms in total. The molecule has 11 rings (SSSR count). The molecule has 0 aliphatic carbocycles. The third-order valence-electron chi connectivity index (χ3n) is 11.4. The van der Waals surface area contributed by atoms with Gasteiger partial charge >= 0.3 is 0 Å². The number of rotatable bonds is 5. The van der Waals surface area contributed by atoms with Gasteiger partial charge in [-0.15, -0.1) is 0 Å². The summed E-state index contributed by atoms with van der Waals surface area (Å²) in [5.41, 5.74) is 10.8. The molecule has 1 aliphatic heterocycles. The highest BCUT2D eigenvalue weighted by Gasteiger charge is 2.25. The number of allylic oxidation sites excluding steroid dienone is 3. The summed E-state index contributed by atoms with van der Waals surface area (Å²) in [6, 6.07) is 65.0. The summed E-state index contributed by atoms with van der Waals surface area (Å²) in [5.74, 6) is 0.909. The number of ether oxygens (including phenoxy) is 1. The van der Waals surface area contributed by atoms with Crippen LogP contribution < -0.4 is 9.64 Å². The molecule has 0 saturated carbocycles. The lowest BCUT2D eigenvalue weighted by molar-refractivity contribution is 0.347. The monoisotopic (exact) mass is 731 g/mol. The van der Waals surface area contributed by atoms with Crippen molar-refractivity contribution in [2.75, 3.05) is 11.5 Å². The first-order chi connectivity index (χ1) is 28.3. The highest BCUT2D eigenvalue weighted by Crippen LogP contribution is 2.48. The van der Waals surface area contributed by atoms with E-state index in [1.807, 2.05) is 6.07 Å². The molecule has 0 atom stereocenters. The number of anilines is 2. The summed E-state index contributed by atoms with van der Waals surface area (Å²) in [7, 11) is 0. The minimum atomic E-state index is 0.385. The summed E-state index contributed by atoms with van der Waals surface area (Å²) in [6.07, 6.45) is 7.42. The second-order valence-electron chi connectivity index (χ2n) is 14.7. The van der Waals surface area contributed by atoms with E-state index in [-0.39, 0.29) is 0 Å². The minimum Gasteiger partial charge on any atom is -0.487 e. The van der Waals surface area contributed by atoms with Crippen molar-refractivity contribution >= 4 is 65.6 Å². The normalized spacial score (nSPS) is 14.4. The molecule has 0 fully saturated rings. The number of nitrogens with zero attached hydrogens (tertiary/aromatic N) is 1. The van der Waals surface area contributed by atoms with E-state index in [2.05, 4.69) is 199 Å². The van der Waals surface area contributed by atoms with E-state index in [0.717, 1.165) is 67.9 Å². The van der Waals surface area contributed by atoms with Crippen LogP contribution >= 0.6 is 0 Å². The van der Waals surface area contributed by atoms with Crippen LogP contribution in [0.15, 0.2) is 210 Å². The van der Waals surface area contributed by atoms with E-state index >= 15 is 0 Å². The predicted molar refractivity (Wildman–Crippen MR) is 239 cm³/mol. The van der Waals surface area contributed by atoms with Crippen molar-refractivity contribution in [3.05, 3.63) is 211 Å². The SMILES string of the molecule is C1=C\Cc2ccccc2OC\C(N(c2ccccc2-c2ccccc2)c2ccccc2-c2cccc3c4ccc5oc6ccccc6c5c4c4ccccc4c23)=C/1. The maximum absolute atomic E-state index is 6.71. The van der Waals surface area contributed by atoms with Gasteiger partial charge in [-0.05, 0) is 92.5 Å². The highest BCUT2D eigenvalue weighted by molar-refractivity contribution is 6.36. The van der Waals surface area contributed by atoms with Crippen LogP contribution in [0.5, 0.6) is 5.75 Å². The zero-order valence-electron chi connectivity index (χ0n) is 31.2. The third-order valence-corrected chi connectivity index (χ3v) is 11.4. The molecule has 0 unspecified atom stereocenters. The largest absolute Gasteiger partial charge is 0.487 e. The van der Waals surface area contributed by atoms with Crippen LogP contribution in [0.4, 0.5) is 11.4 Å². The molecule has 57 heavy (non-hydrogen) atoms. The second kappa shape index (κ2) is 13.7. The Kier molecular flexibility index (Phi) is 7.96. The number of fused-ring (bicyclic) bond motifs is 11. The molecule has 3 heteroatoms. The van der Waals surface area contributed by atoms with E-state index in [1.165, 1.54) is 43.4 Å². The molecule has 0 bridgehead atoms. The fourth-order valence-corrected chi connectivity index (χ4v) is 8.92. The zero-order valence-corrected chi connectivity index (χ0v) is 31.2. The van der Waals surface area contributed by atoms with Crippen molar-refractivity contribution in [1.29, 1.82) is 0 Å². The van der Waals surface area contributed by atoms with Crippen LogP contribution in [0.2, 0.25) is 0 Å². The van der Waals surface area contributed by atoms with Crippen LogP contribution in [0.3, 0.4) is 0 Å². The Labute approximate surface area is 331 Å². The van der Waals surface area contributed by atoms with Crippen molar-refractivity contribution in [1.82, 2.24) is 0 Å². The number of benzene rings is 9. The summed E-state index contributed by atoms with van der Waals surface area (Å²) < 4.78 is 13.1. The Morgan fingerprint density at radius 2 is 1.04 bits per heavy atom. The zero-order chi connectivity index (χ0) is 37.7. The molecule has 270 valence electrons. The number of para-hydroxylation sites is 4. The van der Waals surface area contributed by atoms with Gasteiger partial charge in [-0.1, -0.05) is 158 Å². The average Bonchev–Trinajstić information content (AvgIpc) is 3.70. The van der Waals surface area contributed by atoms with Crippen LogP contribution in [-0.4, -0.2) is 6.61 Å². The predicted octanol–water partition coefficient (Wildman–Crippen LogP) is 14.6. The van der Waals surface area contributed by atoms with Gasteiger partial charge in [0.1, 0.15) is 23.5 Å². The minimum absolute atomic E-state index is 0.385. The fraction of sp³-hybridized carbons (Fsp3) is 0.0370. The smallest absolute Gasteiger partial charge is 0.136 e. The molecule has 1 aliphatic rings. The first-order valence-electron chi connectivity index (χ1n) is 19.6. The molecule has 10 aromatic rings. The number of hydrogen-bond donors (Lipinski definition) is 0. The Hall–Kier alpha value is -7.36. The Balaban J connectivity index is 1.19. The average molecular weight is 732 g/mol. The van der Waals surface area contributed by atoms with Crippen LogP contribution in [-0.2, 0) is 6.42 Å². The quantitative estimate of drug-likeness (QED) is 0.165. The number of furan rings is 1. The van der Waals surface area contributed by atoms with Crippen LogP contribution in [0.1, 0.15) is 5.56 Å². The standard InChI is InChI=1S/C54H37NO2/c1-2-17-36(18-3-1)39-22-9-12-29-47(39)55(38-21-6-4-19-37-20-5-14-31-49(37)56-35-38)48-30-13-10-23-40(48)41-27-16-28-43-45-33-34-51-54(46-26-11-15-32-50(46)57-51)53(45)44-25-8-7-24-42(44)52(41)43/h1-18,20-34H,19,35H2/b6-4-,38-21+.